The summed E-state index contributed by atoms with van der Waals surface area (Å²) in [6.07, 6.45) is 1.89. The zero-order valence-electron chi connectivity index (χ0n) is 15.7. The maximum Gasteiger partial charge on any atom is 0.146 e. The summed E-state index contributed by atoms with van der Waals surface area (Å²) in [4.78, 5) is 17.0. The first kappa shape index (κ1) is 17.9. The van der Waals surface area contributed by atoms with Crippen LogP contribution in [0.1, 0.15) is 33.1 Å². The van der Waals surface area contributed by atoms with Gasteiger partial charge in [0.2, 0.25) is 0 Å². The number of Topliss-reactive ketones (excluding diaryl/α,β-unsaturated/α-hetero) is 1. The fourth-order valence-corrected chi connectivity index (χ4v) is 5.77. The highest BCUT2D eigenvalue weighted by Gasteiger charge is 2.67. The molecule has 1 aromatic carbocycles. The van der Waals surface area contributed by atoms with Crippen molar-refractivity contribution in [1.82, 2.24) is 4.90 Å². The number of aliphatic hydroxyl groups excluding tert-OH is 1. The Balaban J connectivity index is 1.40. The molecule has 3 atom stereocenters. The van der Waals surface area contributed by atoms with Gasteiger partial charge in [-0.05, 0) is 36.3 Å². The Hall–Kier alpha value is -1.46. The number of anilines is 1. The average molecular weight is 360 g/mol. The zero-order valence-corrected chi connectivity index (χ0v) is 15.7. The van der Waals surface area contributed by atoms with Crippen LogP contribution in [0.25, 0.3) is 0 Å². The molecule has 1 aromatic rings. The monoisotopic (exact) mass is 360 g/mol. The first-order valence-corrected chi connectivity index (χ1v) is 9.79. The Morgan fingerprint density at radius 2 is 1.92 bits per heavy atom. The molecule has 5 heteroatoms. The van der Waals surface area contributed by atoms with Crippen molar-refractivity contribution in [2.45, 2.75) is 39.2 Å². The van der Waals surface area contributed by atoms with E-state index in [1.54, 1.807) is 6.07 Å². The number of hydrogen-bond donors (Lipinski definition) is 1. The molecular formula is C21H29FN2O2. The van der Waals surface area contributed by atoms with E-state index in [1.807, 2.05) is 12.1 Å². The number of aliphatic hydroxyl groups is 1. The molecule has 4 rings (SSSR count). The number of carbonyl (C=O) groups is 1. The van der Waals surface area contributed by atoms with Gasteiger partial charge < -0.3 is 10.0 Å². The molecule has 0 aromatic heterocycles. The molecule has 1 saturated heterocycles. The Kier molecular flexibility index (Phi) is 4.35. The van der Waals surface area contributed by atoms with Crippen molar-refractivity contribution in [2.24, 2.45) is 16.7 Å². The molecular weight excluding hydrogens is 331 g/mol. The molecule has 1 aliphatic heterocycles. The molecule has 3 aliphatic rings. The van der Waals surface area contributed by atoms with Crippen molar-refractivity contribution in [3.63, 3.8) is 0 Å². The lowest BCUT2D eigenvalue weighted by atomic mass is 9.65. The maximum absolute atomic E-state index is 14.0. The van der Waals surface area contributed by atoms with Gasteiger partial charge in [-0.15, -0.1) is 0 Å². The van der Waals surface area contributed by atoms with Gasteiger partial charge in [0.1, 0.15) is 11.6 Å². The van der Waals surface area contributed by atoms with Crippen LogP contribution in [0.5, 0.6) is 0 Å². The van der Waals surface area contributed by atoms with Crippen LogP contribution in [-0.2, 0) is 4.79 Å². The highest BCUT2D eigenvalue weighted by Crippen LogP contribution is 2.65. The fourth-order valence-electron chi connectivity index (χ4n) is 5.77. The summed E-state index contributed by atoms with van der Waals surface area (Å²) in [6, 6.07) is 6.88. The minimum Gasteiger partial charge on any atom is -0.391 e. The minimum absolute atomic E-state index is 0.113. The molecule has 0 amide bonds. The topological polar surface area (TPSA) is 43.8 Å². The number of carbonyl (C=O) groups excluding carboxylic acids is 1. The quantitative estimate of drug-likeness (QED) is 0.897. The third-order valence-corrected chi connectivity index (χ3v) is 7.55. The van der Waals surface area contributed by atoms with Gasteiger partial charge in [0, 0.05) is 39.1 Å². The summed E-state index contributed by atoms with van der Waals surface area (Å²) >= 11 is 0. The summed E-state index contributed by atoms with van der Waals surface area (Å²) in [5, 5.41) is 11.1. The van der Waals surface area contributed by atoms with Crippen molar-refractivity contribution in [3.8, 4) is 0 Å². The summed E-state index contributed by atoms with van der Waals surface area (Å²) in [6.45, 7) is 7.89. The fraction of sp³-hybridized carbons (Fsp3) is 0.667. The number of fused-ring (bicyclic) bond motifs is 2. The van der Waals surface area contributed by atoms with Gasteiger partial charge in [-0.25, -0.2) is 4.39 Å². The molecule has 0 spiro atoms. The second-order valence-corrected chi connectivity index (χ2v) is 8.81. The first-order chi connectivity index (χ1) is 12.4. The van der Waals surface area contributed by atoms with Crippen molar-refractivity contribution in [3.05, 3.63) is 30.1 Å². The molecule has 26 heavy (non-hydrogen) atoms. The van der Waals surface area contributed by atoms with Gasteiger partial charge in [-0.2, -0.15) is 0 Å². The van der Waals surface area contributed by atoms with E-state index < -0.39 is 11.5 Å². The average Bonchev–Trinajstić information content (AvgIpc) is 2.98. The largest absolute Gasteiger partial charge is 0.391 e. The van der Waals surface area contributed by atoms with Crippen LogP contribution in [0.3, 0.4) is 0 Å². The van der Waals surface area contributed by atoms with Crippen LogP contribution in [0.15, 0.2) is 24.3 Å². The molecule has 0 unspecified atom stereocenters. The number of rotatable bonds is 4. The van der Waals surface area contributed by atoms with E-state index in [1.165, 1.54) is 6.07 Å². The lowest BCUT2D eigenvalue weighted by Gasteiger charge is -2.44. The van der Waals surface area contributed by atoms with E-state index in [-0.39, 0.29) is 17.0 Å². The van der Waals surface area contributed by atoms with Crippen LogP contribution >= 0.6 is 0 Å². The zero-order chi connectivity index (χ0) is 18.5. The Morgan fingerprint density at radius 1 is 1.23 bits per heavy atom. The molecule has 1 heterocycles. The van der Waals surface area contributed by atoms with E-state index in [2.05, 4.69) is 23.6 Å². The molecule has 1 N–H and O–H groups in total. The minimum atomic E-state index is -0.613. The van der Waals surface area contributed by atoms with Crippen LogP contribution in [0.4, 0.5) is 10.1 Å². The number of benzene rings is 1. The molecule has 2 bridgehead atoms. The summed E-state index contributed by atoms with van der Waals surface area (Å²) in [5.74, 6) is 0.494. The maximum atomic E-state index is 14.0. The number of halogens is 1. The second kappa shape index (κ2) is 6.31. The lowest BCUT2D eigenvalue weighted by Crippen LogP contribution is -2.55. The predicted molar refractivity (Wildman–Crippen MR) is 99.6 cm³/mol. The van der Waals surface area contributed by atoms with Crippen molar-refractivity contribution in [2.75, 3.05) is 37.6 Å². The van der Waals surface area contributed by atoms with Gasteiger partial charge in [0.15, 0.2) is 0 Å². The SMILES string of the molecule is CC1(C)[C@@H]2CC[C@@]1([C@@H](O)CN1CCN(c3ccccc3F)CC1)C(=O)C2. The van der Waals surface area contributed by atoms with Crippen LogP contribution in [0, 0.1) is 22.6 Å². The third-order valence-electron chi connectivity index (χ3n) is 7.55. The van der Waals surface area contributed by atoms with Crippen molar-refractivity contribution in [1.29, 1.82) is 0 Å². The van der Waals surface area contributed by atoms with Crippen LogP contribution < -0.4 is 4.90 Å². The number of para-hydroxylation sites is 1. The van der Waals surface area contributed by atoms with E-state index in [4.69, 9.17) is 0 Å². The van der Waals surface area contributed by atoms with E-state index in [0.29, 0.717) is 24.6 Å². The first-order valence-electron chi connectivity index (χ1n) is 9.79. The summed E-state index contributed by atoms with van der Waals surface area (Å²) in [5.41, 5.74) is -0.0317. The lowest BCUT2D eigenvalue weighted by molar-refractivity contribution is -0.140. The molecule has 3 fully saturated rings. The molecule has 142 valence electrons. The molecule has 0 radical (unpaired) electrons. The van der Waals surface area contributed by atoms with E-state index >= 15 is 0 Å². The van der Waals surface area contributed by atoms with E-state index in [0.717, 1.165) is 39.0 Å². The second-order valence-electron chi connectivity index (χ2n) is 8.81. The Morgan fingerprint density at radius 3 is 2.50 bits per heavy atom. The van der Waals surface area contributed by atoms with Gasteiger partial charge in [0.25, 0.3) is 0 Å². The number of piperazine rings is 1. The highest BCUT2D eigenvalue weighted by atomic mass is 19.1. The smallest absolute Gasteiger partial charge is 0.146 e. The highest BCUT2D eigenvalue weighted by molar-refractivity contribution is 5.90. The van der Waals surface area contributed by atoms with Crippen molar-refractivity contribution < 1.29 is 14.3 Å². The van der Waals surface area contributed by atoms with Gasteiger partial charge >= 0.3 is 0 Å². The Bertz CT molecular complexity index is 699. The normalized spacial score (nSPS) is 32.2. The van der Waals surface area contributed by atoms with Gasteiger partial charge in [0.05, 0.1) is 17.2 Å². The van der Waals surface area contributed by atoms with Gasteiger partial charge in [-0.1, -0.05) is 26.0 Å². The van der Waals surface area contributed by atoms with Gasteiger partial charge in [-0.3, -0.25) is 9.69 Å². The molecule has 4 nitrogen and oxygen atoms in total. The number of hydrogen-bond acceptors (Lipinski definition) is 4. The standard InChI is InChI=1S/C21H29FN2O2/c1-20(2)15-7-8-21(20,18(25)13-15)19(26)14-23-9-11-24(12-10-23)17-6-4-3-5-16(17)22/h3-6,15,19,26H,7-14H2,1-2H3/t15-,19+,21+/m1/s1. The van der Waals surface area contributed by atoms with E-state index in [9.17, 15) is 14.3 Å². The number of ketones is 1. The summed E-state index contributed by atoms with van der Waals surface area (Å²) < 4.78 is 14.0. The van der Waals surface area contributed by atoms with Crippen LogP contribution in [-0.4, -0.2) is 54.6 Å². The summed E-state index contributed by atoms with van der Waals surface area (Å²) in [7, 11) is 0. The number of β-amino-alcohol motifs (C(OH)–C–C–N with tert-alkyl or cyclic N) is 1. The predicted octanol–water partition coefficient (Wildman–Crippen LogP) is 2.70. The number of nitrogens with zero attached hydrogens (tertiary/aromatic N) is 2. The third kappa shape index (κ3) is 2.51. The Labute approximate surface area is 155 Å². The molecule has 2 saturated carbocycles. The molecule has 2 aliphatic carbocycles. The van der Waals surface area contributed by atoms with Crippen LogP contribution in [0.2, 0.25) is 0 Å². The van der Waals surface area contributed by atoms with Crippen molar-refractivity contribution >= 4 is 11.5 Å².